The van der Waals surface area contributed by atoms with E-state index in [0.717, 1.165) is 5.69 Å². The van der Waals surface area contributed by atoms with E-state index < -0.39 is 5.82 Å². The minimum Gasteiger partial charge on any atom is -0.496 e. The van der Waals surface area contributed by atoms with Crippen LogP contribution in [-0.2, 0) is 4.79 Å². The molecule has 1 amide bonds. The number of benzene rings is 2. The van der Waals surface area contributed by atoms with Gasteiger partial charge in [0.2, 0.25) is 6.41 Å². The van der Waals surface area contributed by atoms with Crippen molar-refractivity contribution < 1.29 is 23.4 Å². The van der Waals surface area contributed by atoms with E-state index in [1.54, 1.807) is 30.5 Å². The number of ether oxygens (including phenoxy) is 1. The first-order valence-corrected chi connectivity index (χ1v) is 10.6. The number of nitrogens with two attached hydrogens (primary N) is 1. The van der Waals surface area contributed by atoms with Crippen molar-refractivity contribution >= 4 is 17.8 Å². The van der Waals surface area contributed by atoms with Gasteiger partial charge in [-0.05, 0) is 49.7 Å². The number of hydrogen-bond acceptors (Lipinski definition) is 7. The summed E-state index contributed by atoms with van der Waals surface area (Å²) in [6, 6.07) is 10.4. The van der Waals surface area contributed by atoms with Gasteiger partial charge in [0.15, 0.2) is 5.82 Å². The fraction of sp³-hybridized carbons (Fsp3) is 0.292. The van der Waals surface area contributed by atoms with Crippen LogP contribution in [0.3, 0.4) is 0 Å². The van der Waals surface area contributed by atoms with Crippen LogP contribution in [0.1, 0.15) is 12.1 Å². The second-order valence-electron chi connectivity index (χ2n) is 7.75. The molecule has 1 aromatic heterocycles. The molecule has 1 saturated heterocycles. The average Bonchev–Trinajstić information content (AvgIpc) is 3.20. The Morgan fingerprint density at radius 2 is 2.09 bits per heavy atom. The summed E-state index contributed by atoms with van der Waals surface area (Å²) in [7, 11) is 1.49. The van der Waals surface area contributed by atoms with Gasteiger partial charge in [0.1, 0.15) is 17.4 Å². The highest BCUT2D eigenvalue weighted by molar-refractivity contribution is 5.81. The highest BCUT2D eigenvalue weighted by Gasteiger charge is 2.30. The van der Waals surface area contributed by atoms with Crippen molar-refractivity contribution in [2.75, 3.05) is 30.5 Å². The average molecular weight is 472 g/mol. The van der Waals surface area contributed by atoms with Gasteiger partial charge >= 0.3 is 0 Å². The lowest BCUT2D eigenvalue weighted by Gasteiger charge is -2.27. The van der Waals surface area contributed by atoms with Crippen molar-refractivity contribution in [1.82, 2.24) is 9.97 Å². The molecule has 0 aliphatic carbocycles. The summed E-state index contributed by atoms with van der Waals surface area (Å²) in [5.74, 6) is -0.0300. The number of methoxy groups -OCH3 is 1. The van der Waals surface area contributed by atoms with Crippen molar-refractivity contribution in [2.45, 2.75) is 25.4 Å². The van der Waals surface area contributed by atoms with Gasteiger partial charge in [-0.1, -0.05) is 6.07 Å². The molecule has 10 heteroatoms. The van der Waals surface area contributed by atoms with Gasteiger partial charge in [0.05, 0.1) is 36.7 Å². The Morgan fingerprint density at radius 3 is 2.76 bits per heavy atom. The molecule has 0 saturated carbocycles. The van der Waals surface area contributed by atoms with Crippen LogP contribution in [0, 0.1) is 18.6 Å². The van der Waals surface area contributed by atoms with Crippen molar-refractivity contribution in [3.8, 4) is 17.1 Å². The van der Waals surface area contributed by atoms with E-state index in [4.69, 9.17) is 10.5 Å². The largest absolute Gasteiger partial charge is 0.496 e. The van der Waals surface area contributed by atoms with E-state index in [9.17, 15) is 18.7 Å². The number of nitrogens with one attached hydrogen (secondary N) is 1. The standard InChI is InChI=1S/C12H16FN3O2.C12H11FN2O/c13-8-1-2-12(11(3-8)15-7-18)16-5-9(14)4-10(16)6-17;1-8-6-7-14-12(15-8)11-9(13)4-3-5-10(11)16-2/h1-3,7,9-10,17H,4-6,14H2,(H,15,18);3-7H,1-2H3. The molecule has 4 N–H and O–H groups in total. The van der Waals surface area contributed by atoms with Crippen LogP contribution in [0.25, 0.3) is 11.4 Å². The summed E-state index contributed by atoms with van der Waals surface area (Å²) in [6.07, 6.45) is 2.78. The maximum absolute atomic E-state index is 13.7. The van der Waals surface area contributed by atoms with Crippen molar-refractivity contribution in [3.63, 3.8) is 0 Å². The third kappa shape index (κ3) is 5.83. The maximum Gasteiger partial charge on any atom is 0.211 e. The number of rotatable bonds is 6. The van der Waals surface area contributed by atoms with E-state index in [1.165, 1.54) is 25.3 Å². The zero-order valence-corrected chi connectivity index (χ0v) is 18.9. The van der Waals surface area contributed by atoms with Crippen LogP contribution < -0.4 is 20.7 Å². The van der Waals surface area contributed by atoms with Gasteiger partial charge in [0, 0.05) is 24.5 Å². The van der Waals surface area contributed by atoms with Crippen LogP contribution in [-0.4, -0.2) is 53.8 Å². The van der Waals surface area contributed by atoms with E-state index in [2.05, 4.69) is 15.3 Å². The molecule has 1 aliphatic rings. The topological polar surface area (TPSA) is 114 Å². The zero-order valence-electron chi connectivity index (χ0n) is 18.9. The Labute approximate surface area is 196 Å². The lowest BCUT2D eigenvalue weighted by Crippen LogP contribution is -2.33. The smallest absolute Gasteiger partial charge is 0.211 e. The Morgan fingerprint density at radius 1 is 1.29 bits per heavy atom. The number of aliphatic hydroxyl groups is 1. The Kier molecular flexibility index (Phi) is 8.44. The normalized spacial score (nSPS) is 17.1. The summed E-state index contributed by atoms with van der Waals surface area (Å²) in [5.41, 5.74) is 8.02. The number of halogens is 2. The molecule has 0 spiro atoms. The Bertz CT molecular complexity index is 1130. The number of aryl methyl sites for hydroxylation is 1. The lowest BCUT2D eigenvalue weighted by atomic mass is 10.1. The predicted molar refractivity (Wildman–Crippen MR) is 126 cm³/mol. The van der Waals surface area contributed by atoms with Crippen LogP contribution in [0.15, 0.2) is 48.7 Å². The second kappa shape index (κ2) is 11.5. The first-order chi connectivity index (χ1) is 16.4. The van der Waals surface area contributed by atoms with Gasteiger partial charge in [-0.2, -0.15) is 0 Å². The third-order valence-corrected chi connectivity index (χ3v) is 5.35. The first kappa shape index (κ1) is 25.0. The highest BCUT2D eigenvalue weighted by Crippen LogP contribution is 2.32. The molecule has 8 nitrogen and oxygen atoms in total. The molecule has 1 aliphatic heterocycles. The van der Waals surface area contributed by atoms with Crippen molar-refractivity contribution in [3.05, 3.63) is 66.0 Å². The van der Waals surface area contributed by atoms with Gasteiger partial charge in [-0.3, -0.25) is 4.79 Å². The Hall–Kier alpha value is -3.63. The number of carbonyl (C=O) groups excluding carboxylic acids is 1. The fourth-order valence-electron chi connectivity index (χ4n) is 3.82. The summed E-state index contributed by atoms with van der Waals surface area (Å²) < 4.78 is 32.0. The summed E-state index contributed by atoms with van der Waals surface area (Å²) in [5, 5.41) is 11.8. The van der Waals surface area contributed by atoms with E-state index in [-0.39, 0.29) is 24.5 Å². The minimum atomic E-state index is -0.424. The molecule has 3 aromatic rings. The van der Waals surface area contributed by atoms with Gasteiger partial charge in [-0.25, -0.2) is 18.7 Å². The SMILES string of the molecule is COc1cccc(F)c1-c1nccc(C)n1.NC1CC(CO)N(c2ccc(F)cc2NC=O)C1. The number of hydrogen-bond donors (Lipinski definition) is 3. The third-order valence-electron chi connectivity index (χ3n) is 5.35. The quantitative estimate of drug-likeness (QED) is 0.474. The summed E-state index contributed by atoms with van der Waals surface area (Å²) >= 11 is 0. The van der Waals surface area contributed by atoms with Crippen LogP contribution >= 0.6 is 0 Å². The number of anilines is 2. The molecule has 2 aromatic carbocycles. The van der Waals surface area contributed by atoms with E-state index in [0.29, 0.717) is 47.9 Å². The molecule has 4 rings (SSSR count). The first-order valence-electron chi connectivity index (χ1n) is 10.6. The molecule has 0 radical (unpaired) electrons. The molecule has 0 bridgehead atoms. The number of nitrogens with zero attached hydrogens (tertiary/aromatic N) is 3. The second-order valence-corrected chi connectivity index (χ2v) is 7.75. The molecule has 2 atom stereocenters. The number of carbonyl (C=O) groups is 1. The monoisotopic (exact) mass is 471 g/mol. The van der Waals surface area contributed by atoms with Crippen molar-refractivity contribution in [2.24, 2.45) is 5.73 Å². The lowest BCUT2D eigenvalue weighted by molar-refractivity contribution is -0.105. The van der Waals surface area contributed by atoms with Gasteiger partial charge < -0.3 is 25.8 Å². The fourth-order valence-corrected chi connectivity index (χ4v) is 3.82. The maximum atomic E-state index is 13.7. The zero-order chi connectivity index (χ0) is 24.7. The summed E-state index contributed by atoms with van der Waals surface area (Å²) in [6.45, 7) is 2.38. The number of aromatic nitrogens is 2. The van der Waals surface area contributed by atoms with Gasteiger partial charge in [-0.15, -0.1) is 0 Å². The Balaban J connectivity index is 0.000000192. The van der Waals surface area contributed by atoms with Crippen LogP contribution in [0.2, 0.25) is 0 Å². The minimum absolute atomic E-state index is 0.0222. The van der Waals surface area contributed by atoms with Crippen molar-refractivity contribution in [1.29, 1.82) is 0 Å². The molecular weight excluding hydrogens is 444 g/mol. The van der Waals surface area contributed by atoms with E-state index in [1.807, 2.05) is 11.8 Å². The van der Waals surface area contributed by atoms with Crippen LogP contribution in [0.5, 0.6) is 5.75 Å². The molecule has 34 heavy (non-hydrogen) atoms. The number of amides is 1. The van der Waals surface area contributed by atoms with Crippen LogP contribution in [0.4, 0.5) is 20.2 Å². The molecular formula is C24H27F2N5O3. The summed E-state index contributed by atoms with van der Waals surface area (Å²) in [4.78, 5) is 20.7. The molecule has 2 unspecified atom stereocenters. The molecule has 2 heterocycles. The predicted octanol–water partition coefficient (Wildman–Crippen LogP) is 2.89. The van der Waals surface area contributed by atoms with Gasteiger partial charge in [0.25, 0.3) is 0 Å². The molecule has 1 fully saturated rings. The number of aliphatic hydroxyl groups excluding tert-OH is 1. The molecule has 180 valence electrons. The van der Waals surface area contributed by atoms with E-state index >= 15 is 0 Å². The highest BCUT2D eigenvalue weighted by atomic mass is 19.1.